The molecule has 0 radical (unpaired) electrons. The second kappa shape index (κ2) is 2.09. The van der Waals surface area contributed by atoms with Crippen LogP contribution in [-0.2, 0) is 6.42 Å². The minimum absolute atomic E-state index is 0.119. The van der Waals surface area contributed by atoms with Crippen molar-refractivity contribution < 1.29 is 4.52 Å². The summed E-state index contributed by atoms with van der Waals surface area (Å²) in [6.45, 7) is 3.69. The molecule has 50 valence electrons. The maximum atomic E-state index is 10.6. The molecule has 0 saturated carbocycles. The molecule has 0 bridgehead atoms. The molecule has 0 aromatic carbocycles. The van der Waals surface area contributed by atoms with Crippen molar-refractivity contribution in [2.24, 2.45) is 0 Å². The highest BCUT2D eigenvalue weighted by atomic mass is 16.5. The van der Waals surface area contributed by atoms with Crippen LogP contribution in [0.1, 0.15) is 18.2 Å². The van der Waals surface area contributed by atoms with Crippen molar-refractivity contribution in [2.75, 3.05) is 0 Å². The van der Waals surface area contributed by atoms with Gasteiger partial charge in [0.1, 0.15) is 5.76 Å². The number of rotatable bonds is 1. The van der Waals surface area contributed by atoms with Crippen LogP contribution in [0.4, 0.5) is 0 Å². The average molecular weight is 127 g/mol. The fourth-order valence-corrected chi connectivity index (χ4v) is 0.725. The molecule has 0 unspecified atom stereocenters. The number of aromatic nitrogens is 1. The number of H-pyrrole nitrogens is 1. The van der Waals surface area contributed by atoms with Crippen molar-refractivity contribution in [3.63, 3.8) is 0 Å². The van der Waals surface area contributed by atoms with Crippen LogP contribution in [0.3, 0.4) is 0 Å². The Kier molecular flexibility index (Phi) is 1.42. The van der Waals surface area contributed by atoms with Crippen molar-refractivity contribution in [3.05, 3.63) is 21.7 Å². The molecule has 1 N–H and O–H groups in total. The normalized spacial score (nSPS) is 10.0. The van der Waals surface area contributed by atoms with Crippen LogP contribution in [-0.4, -0.2) is 5.16 Å². The first-order valence-electron chi connectivity index (χ1n) is 2.92. The van der Waals surface area contributed by atoms with Crippen molar-refractivity contribution in [2.45, 2.75) is 20.3 Å². The summed E-state index contributed by atoms with van der Waals surface area (Å²) in [7, 11) is 0. The number of aryl methyl sites for hydroxylation is 1. The third-order valence-electron chi connectivity index (χ3n) is 1.35. The van der Waals surface area contributed by atoms with Gasteiger partial charge in [0.2, 0.25) is 0 Å². The molecular weight excluding hydrogens is 118 g/mol. The molecule has 3 nitrogen and oxygen atoms in total. The molecule has 0 aliphatic heterocycles. The Balaban J connectivity index is 3.20. The predicted octanol–water partition coefficient (Wildman–Crippen LogP) is 0.839. The third kappa shape index (κ3) is 0.896. The zero-order valence-electron chi connectivity index (χ0n) is 5.52. The first-order valence-corrected chi connectivity index (χ1v) is 2.92. The molecule has 3 heteroatoms. The van der Waals surface area contributed by atoms with Gasteiger partial charge in [-0.3, -0.25) is 4.79 Å². The van der Waals surface area contributed by atoms with Crippen molar-refractivity contribution >= 4 is 0 Å². The van der Waals surface area contributed by atoms with Crippen LogP contribution in [0.5, 0.6) is 0 Å². The summed E-state index contributed by atoms with van der Waals surface area (Å²) in [4.78, 5) is 10.6. The average Bonchev–Trinajstić information content (AvgIpc) is 2.15. The molecule has 0 amide bonds. The topological polar surface area (TPSA) is 46.0 Å². The minimum Gasteiger partial charge on any atom is -0.383 e. The van der Waals surface area contributed by atoms with E-state index in [0.29, 0.717) is 5.56 Å². The van der Waals surface area contributed by atoms with Crippen LogP contribution in [0.15, 0.2) is 9.32 Å². The van der Waals surface area contributed by atoms with Gasteiger partial charge >= 0.3 is 0 Å². The standard InChI is InChI=1S/C6H9NO2/c1-3-5-4(2)6(8)7-9-5/h3H2,1-2H3,(H,7,8). The van der Waals surface area contributed by atoms with E-state index in [1.165, 1.54) is 0 Å². The number of hydrogen-bond donors (Lipinski definition) is 1. The van der Waals surface area contributed by atoms with Gasteiger partial charge < -0.3 is 4.52 Å². The van der Waals surface area contributed by atoms with E-state index < -0.39 is 0 Å². The van der Waals surface area contributed by atoms with Gasteiger partial charge in [-0.05, 0) is 6.92 Å². The lowest BCUT2D eigenvalue weighted by atomic mass is 10.2. The van der Waals surface area contributed by atoms with Gasteiger partial charge in [-0.15, -0.1) is 0 Å². The van der Waals surface area contributed by atoms with Crippen LogP contribution in [0.2, 0.25) is 0 Å². The molecule has 1 rings (SSSR count). The quantitative estimate of drug-likeness (QED) is 0.607. The van der Waals surface area contributed by atoms with E-state index in [1.807, 2.05) is 6.92 Å². The molecule has 0 spiro atoms. The lowest BCUT2D eigenvalue weighted by Crippen LogP contribution is -2.00. The van der Waals surface area contributed by atoms with Gasteiger partial charge in [0.25, 0.3) is 5.56 Å². The lowest BCUT2D eigenvalue weighted by Gasteiger charge is -1.83. The van der Waals surface area contributed by atoms with Crippen LogP contribution in [0.25, 0.3) is 0 Å². The Labute approximate surface area is 52.7 Å². The van der Waals surface area contributed by atoms with E-state index in [0.717, 1.165) is 12.2 Å². The van der Waals surface area contributed by atoms with Crippen LogP contribution in [0, 0.1) is 6.92 Å². The number of aromatic amines is 1. The highest BCUT2D eigenvalue weighted by molar-refractivity contribution is 5.10. The predicted molar refractivity (Wildman–Crippen MR) is 33.4 cm³/mol. The fraction of sp³-hybridized carbons (Fsp3) is 0.500. The van der Waals surface area contributed by atoms with Crippen LogP contribution < -0.4 is 5.56 Å². The summed E-state index contributed by atoms with van der Waals surface area (Å²) < 4.78 is 4.81. The summed E-state index contributed by atoms with van der Waals surface area (Å²) in [5.41, 5.74) is 0.573. The van der Waals surface area contributed by atoms with Crippen LogP contribution >= 0.6 is 0 Å². The zero-order chi connectivity index (χ0) is 6.85. The molecule has 0 aliphatic carbocycles. The van der Waals surface area contributed by atoms with Gasteiger partial charge in [0.05, 0.1) is 5.56 Å². The van der Waals surface area contributed by atoms with Gasteiger partial charge in [-0.25, -0.2) is 0 Å². The maximum Gasteiger partial charge on any atom is 0.283 e. The summed E-state index contributed by atoms with van der Waals surface area (Å²) in [6, 6.07) is 0. The highest BCUT2D eigenvalue weighted by Crippen LogP contribution is 1.99. The Morgan fingerprint density at radius 3 is 2.56 bits per heavy atom. The monoisotopic (exact) mass is 127 g/mol. The molecule has 1 heterocycles. The van der Waals surface area contributed by atoms with E-state index in [1.54, 1.807) is 6.92 Å². The second-order valence-electron chi connectivity index (χ2n) is 1.93. The van der Waals surface area contributed by atoms with E-state index in [4.69, 9.17) is 4.52 Å². The van der Waals surface area contributed by atoms with Crippen molar-refractivity contribution in [1.29, 1.82) is 0 Å². The van der Waals surface area contributed by atoms with Gasteiger partial charge in [0.15, 0.2) is 0 Å². The summed E-state index contributed by atoms with van der Waals surface area (Å²) in [5.74, 6) is 0.750. The Bertz CT molecular complexity index is 246. The summed E-state index contributed by atoms with van der Waals surface area (Å²) in [6.07, 6.45) is 0.768. The third-order valence-corrected chi connectivity index (χ3v) is 1.35. The second-order valence-corrected chi connectivity index (χ2v) is 1.93. The molecule has 1 aromatic heterocycles. The van der Waals surface area contributed by atoms with E-state index in [2.05, 4.69) is 5.16 Å². The summed E-state index contributed by atoms with van der Waals surface area (Å²) >= 11 is 0. The highest BCUT2D eigenvalue weighted by Gasteiger charge is 2.02. The molecule has 0 saturated heterocycles. The van der Waals surface area contributed by atoms with E-state index >= 15 is 0 Å². The Morgan fingerprint density at radius 2 is 2.33 bits per heavy atom. The molecule has 1 aromatic rings. The van der Waals surface area contributed by atoms with Crippen molar-refractivity contribution in [1.82, 2.24) is 5.16 Å². The first-order chi connectivity index (χ1) is 4.25. The number of nitrogens with one attached hydrogen (secondary N) is 1. The van der Waals surface area contributed by atoms with E-state index in [-0.39, 0.29) is 5.56 Å². The molecule has 9 heavy (non-hydrogen) atoms. The molecular formula is C6H9NO2. The zero-order valence-corrected chi connectivity index (χ0v) is 5.52. The minimum atomic E-state index is -0.119. The Hall–Kier alpha value is -0.990. The smallest absolute Gasteiger partial charge is 0.283 e. The fourth-order valence-electron chi connectivity index (χ4n) is 0.725. The van der Waals surface area contributed by atoms with Gasteiger partial charge in [0, 0.05) is 6.42 Å². The largest absolute Gasteiger partial charge is 0.383 e. The molecule has 0 atom stereocenters. The van der Waals surface area contributed by atoms with Gasteiger partial charge in [-0.2, -0.15) is 5.16 Å². The van der Waals surface area contributed by atoms with E-state index in [9.17, 15) is 4.79 Å². The maximum absolute atomic E-state index is 10.6. The summed E-state index contributed by atoms with van der Waals surface area (Å²) in [5, 5.41) is 2.26. The molecule has 0 aliphatic rings. The number of hydrogen-bond acceptors (Lipinski definition) is 2. The lowest BCUT2D eigenvalue weighted by molar-refractivity contribution is 0.381. The van der Waals surface area contributed by atoms with Gasteiger partial charge in [-0.1, -0.05) is 6.92 Å². The first kappa shape index (κ1) is 6.13. The Morgan fingerprint density at radius 1 is 1.67 bits per heavy atom. The molecule has 0 fully saturated rings. The van der Waals surface area contributed by atoms with Crippen molar-refractivity contribution in [3.8, 4) is 0 Å². The SMILES string of the molecule is CCc1o[nH]c(=O)c1C.